The van der Waals surface area contributed by atoms with Crippen LogP contribution in [0.4, 0.5) is 0 Å². The van der Waals surface area contributed by atoms with Crippen molar-refractivity contribution < 1.29 is 22.7 Å². The van der Waals surface area contributed by atoms with Crippen LogP contribution in [0.1, 0.15) is 12.0 Å². The Morgan fingerprint density at radius 1 is 1.24 bits per heavy atom. The van der Waals surface area contributed by atoms with Gasteiger partial charge in [-0.3, -0.25) is 9.80 Å². The molecule has 0 unspecified atom stereocenters. The van der Waals surface area contributed by atoms with Gasteiger partial charge in [0.1, 0.15) is 11.5 Å². The molecule has 8 heteroatoms. The van der Waals surface area contributed by atoms with Crippen molar-refractivity contribution in [2.45, 2.75) is 12.5 Å². The molecule has 0 bridgehead atoms. The maximum absolute atomic E-state index is 12.6. The number of benzene rings is 1. The van der Waals surface area contributed by atoms with Crippen molar-refractivity contribution in [3.8, 4) is 11.5 Å². The minimum absolute atomic E-state index is 0.00671. The lowest BCUT2D eigenvalue weighted by Crippen LogP contribution is -2.48. The van der Waals surface area contributed by atoms with Crippen LogP contribution < -0.4 is 9.47 Å². The van der Waals surface area contributed by atoms with E-state index in [-0.39, 0.29) is 23.5 Å². The molecule has 0 spiro atoms. The Labute approximate surface area is 148 Å². The number of hydrazine groups is 1. The molecule has 1 amide bonds. The largest absolute Gasteiger partial charge is 0.497 e. The number of carbonyl (C=O) groups excluding carboxylic acids is 1. The Morgan fingerprint density at radius 2 is 1.96 bits per heavy atom. The second-order valence-corrected chi connectivity index (χ2v) is 8.26. The average molecular weight is 368 g/mol. The zero-order chi connectivity index (χ0) is 18.6. The number of sulfone groups is 1. The summed E-state index contributed by atoms with van der Waals surface area (Å²) >= 11 is 0. The smallest absolute Gasteiger partial charge is 0.261 e. The lowest BCUT2D eigenvalue weighted by atomic mass is 10.1. The highest BCUT2D eigenvalue weighted by atomic mass is 32.2. The Kier molecular flexibility index (Phi) is 6.07. The molecule has 1 aliphatic rings. The highest BCUT2D eigenvalue weighted by molar-refractivity contribution is 7.91. The fraction of sp³-hybridized carbons (Fsp3) is 0.471. The number of hydrogen-bond donors (Lipinski definition) is 0. The van der Waals surface area contributed by atoms with Crippen LogP contribution in [0.25, 0.3) is 6.08 Å². The third-order valence-corrected chi connectivity index (χ3v) is 5.80. The van der Waals surface area contributed by atoms with Gasteiger partial charge in [0.15, 0.2) is 9.84 Å². The summed E-state index contributed by atoms with van der Waals surface area (Å²) in [5.74, 6) is 1.09. The van der Waals surface area contributed by atoms with E-state index in [4.69, 9.17) is 9.47 Å². The molecule has 1 heterocycles. The lowest BCUT2D eigenvalue weighted by Gasteiger charge is -2.32. The van der Waals surface area contributed by atoms with E-state index in [9.17, 15) is 13.2 Å². The van der Waals surface area contributed by atoms with Crippen LogP contribution in [0.2, 0.25) is 0 Å². The number of rotatable bonds is 6. The van der Waals surface area contributed by atoms with Gasteiger partial charge >= 0.3 is 0 Å². The van der Waals surface area contributed by atoms with Gasteiger partial charge in [-0.2, -0.15) is 0 Å². The SMILES string of the molecule is COc1ccc(OC)c(/C=C/C(=O)N([C@H]2CCS(=O)(=O)C2)N(C)C)c1. The molecule has 25 heavy (non-hydrogen) atoms. The normalized spacial score (nSPS) is 19.3. The molecule has 1 fully saturated rings. The first-order valence-corrected chi connectivity index (χ1v) is 9.70. The van der Waals surface area contributed by atoms with E-state index in [1.807, 2.05) is 0 Å². The van der Waals surface area contributed by atoms with Gasteiger partial charge in [-0.1, -0.05) is 0 Å². The molecule has 1 saturated heterocycles. The van der Waals surface area contributed by atoms with Gasteiger partial charge in [-0.25, -0.2) is 13.4 Å². The minimum atomic E-state index is -3.08. The summed E-state index contributed by atoms with van der Waals surface area (Å²) < 4.78 is 33.9. The number of carbonyl (C=O) groups is 1. The molecule has 0 aliphatic carbocycles. The van der Waals surface area contributed by atoms with Crippen molar-refractivity contribution in [3.05, 3.63) is 29.8 Å². The number of ether oxygens (including phenoxy) is 2. The summed E-state index contributed by atoms with van der Waals surface area (Å²) in [6, 6.07) is 4.95. The number of amides is 1. The molecule has 1 aromatic carbocycles. The molecule has 2 rings (SSSR count). The molecule has 0 saturated carbocycles. The predicted octanol–water partition coefficient (Wildman–Crippen LogP) is 1.21. The van der Waals surface area contributed by atoms with Crippen molar-refractivity contribution in [3.63, 3.8) is 0 Å². The van der Waals surface area contributed by atoms with Gasteiger partial charge < -0.3 is 9.47 Å². The second kappa shape index (κ2) is 7.88. The summed E-state index contributed by atoms with van der Waals surface area (Å²) in [5.41, 5.74) is 0.702. The summed E-state index contributed by atoms with van der Waals surface area (Å²) in [6.07, 6.45) is 3.51. The summed E-state index contributed by atoms with van der Waals surface area (Å²) in [6.45, 7) is 0. The third-order valence-electron chi connectivity index (χ3n) is 4.05. The van der Waals surface area contributed by atoms with Crippen LogP contribution in [-0.4, -0.2) is 70.2 Å². The molecule has 0 N–H and O–H groups in total. The summed E-state index contributed by atoms with van der Waals surface area (Å²) in [5, 5.41) is 3.11. The van der Waals surface area contributed by atoms with Crippen molar-refractivity contribution in [2.24, 2.45) is 0 Å². The maximum atomic E-state index is 12.6. The fourth-order valence-electron chi connectivity index (χ4n) is 2.88. The molecular formula is C17H24N2O5S. The van der Waals surface area contributed by atoms with Crippen LogP contribution in [0.5, 0.6) is 11.5 Å². The van der Waals surface area contributed by atoms with Crippen molar-refractivity contribution in [1.29, 1.82) is 0 Å². The standard InChI is InChI=1S/C17H24N2O5S/c1-18(2)19(14-9-10-25(21,22)12-14)17(20)8-5-13-11-15(23-3)6-7-16(13)24-4/h5-8,11,14H,9-10,12H2,1-4H3/b8-5+/t14-/m0/s1. The number of nitrogens with zero attached hydrogens (tertiary/aromatic N) is 2. The summed E-state index contributed by atoms with van der Waals surface area (Å²) in [7, 11) is 3.49. The van der Waals surface area contributed by atoms with E-state index in [0.717, 1.165) is 0 Å². The number of hydrogen-bond acceptors (Lipinski definition) is 6. The van der Waals surface area contributed by atoms with Crippen LogP contribution in [0, 0.1) is 0 Å². The van der Waals surface area contributed by atoms with E-state index in [1.54, 1.807) is 57.6 Å². The van der Waals surface area contributed by atoms with Gasteiger partial charge in [0.25, 0.3) is 5.91 Å². The van der Waals surface area contributed by atoms with Crippen molar-refractivity contribution in [2.75, 3.05) is 39.8 Å². The van der Waals surface area contributed by atoms with Crippen molar-refractivity contribution >= 4 is 21.8 Å². The monoisotopic (exact) mass is 368 g/mol. The van der Waals surface area contributed by atoms with E-state index < -0.39 is 9.84 Å². The topological polar surface area (TPSA) is 76.1 Å². The van der Waals surface area contributed by atoms with Gasteiger partial charge in [-0.15, -0.1) is 0 Å². The Bertz CT molecular complexity index is 758. The molecule has 1 atom stereocenters. The van der Waals surface area contributed by atoms with Gasteiger partial charge in [0, 0.05) is 25.7 Å². The van der Waals surface area contributed by atoms with Gasteiger partial charge in [0.05, 0.1) is 31.8 Å². The van der Waals surface area contributed by atoms with Crippen LogP contribution in [0.3, 0.4) is 0 Å². The third kappa shape index (κ3) is 4.73. The highest BCUT2D eigenvalue weighted by Crippen LogP contribution is 2.25. The molecule has 0 aromatic heterocycles. The van der Waals surface area contributed by atoms with Gasteiger partial charge in [-0.05, 0) is 30.7 Å². The summed E-state index contributed by atoms with van der Waals surface area (Å²) in [4.78, 5) is 12.6. The molecule has 1 aromatic rings. The Hall–Kier alpha value is -2.06. The van der Waals surface area contributed by atoms with Crippen LogP contribution in [-0.2, 0) is 14.6 Å². The van der Waals surface area contributed by atoms with Crippen LogP contribution in [0.15, 0.2) is 24.3 Å². The van der Waals surface area contributed by atoms with E-state index in [0.29, 0.717) is 23.5 Å². The lowest BCUT2D eigenvalue weighted by molar-refractivity contribution is -0.143. The van der Waals surface area contributed by atoms with E-state index in [1.165, 1.54) is 11.1 Å². The highest BCUT2D eigenvalue weighted by Gasteiger charge is 2.35. The molecule has 0 radical (unpaired) electrons. The predicted molar refractivity (Wildman–Crippen MR) is 96.2 cm³/mol. The van der Waals surface area contributed by atoms with E-state index in [2.05, 4.69) is 0 Å². The Morgan fingerprint density at radius 3 is 2.48 bits per heavy atom. The maximum Gasteiger partial charge on any atom is 0.261 e. The first kappa shape index (κ1) is 19.3. The first-order valence-electron chi connectivity index (χ1n) is 7.88. The quantitative estimate of drug-likeness (QED) is 0.555. The average Bonchev–Trinajstić information content (AvgIpc) is 2.91. The second-order valence-electron chi connectivity index (χ2n) is 6.03. The molecule has 1 aliphatic heterocycles. The zero-order valence-electron chi connectivity index (χ0n) is 14.9. The van der Waals surface area contributed by atoms with Gasteiger partial charge in [0.2, 0.25) is 0 Å². The van der Waals surface area contributed by atoms with Crippen LogP contribution >= 0.6 is 0 Å². The number of methoxy groups -OCH3 is 2. The minimum Gasteiger partial charge on any atom is -0.497 e. The van der Waals surface area contributed by atoms with E-state index >= 15 is 0 Å². The van der Waals surface area contributed by atoms with Crippen molar-refractivity contribution in [1.82, 2.24) is 10.0 Å². The molecule has 7 nitrogen and oxygen atoms in total. The Balaban J connectivity index is 2.22. The molecule has 138 valence electrons. The fourth-order valence-corrected chi connectivity index (χ4v) is 4.57. The molecular weight excluding hydrogens is 344 g/mol. The first-order chi connectivity index (χ1) is 11.8. The zero-order valence-corrected chi connectivity index (χ0v) is 15.7.